The molecular weight excluding hydrogens is 267 g/mol. The first-order valence-electron chi connectivity index (χ1n) is 6.25. The van der Waals surface area contributed by atoms with Gasteiger partial charge in [-0.15, -0.1) is 0 Å². The van der Waals surface area contributed by atoms with Gasteiger partial charge in [0.05, 0.1) is 18.8 Å². The highest BCUT2D eigenvalue weighted by Crippen LogP contribution is 2.47. The Morgan fingerprint density at radius 1 is 1.47 bits per heavy atom. The minimum absolute atomic E-state index is 0.0160. The van der Waals surface area contributed by atoms with E-state index in [0.717, 1.165) is 12.8 Å². The van der Waals surface area contributed by atoms with Gasteiger partial charge in [0.1, 0.15) is 0 Å². The average molecular weight is 286 g/mol. The maximum absolute atomic E-state index is 12.4. The predicted molar refractivity (Wildman–Crippen MR) is 72.0 cm³/mol. The molecule has 0 spiro atoms. The third-order valence-corrected chi connectivity index (χ3v) is 4.44. The molecule has 2 rings (SSSR count). The van der Waals surface area contributed by atoms with Crippen molar-refractivity contribution in [2.45, 2.75) is 32.0 Å². The summed E-state index contributed by atoms with van der Waals surface area (Å²) in [6.45, 7) is 2.28. The number of hydrogen-bond donors (Lipinski definition) is 1. The summed E-state index contributed by atoms with van der Waals surface area (Å²) in [5.41, 5.74) is 0.640. The minimum Gasteiger partial charge on any atom is -0.373 e. The van der Waals surface area contributed by atoms with E-state index >= 15 is 0 Å². The molecule has 3 unspecified atom stereocenters. The summed E-state index contributed by atoms with van der Waals surface area (Å²) in [5.74, 6) is 0. The smallest absolute Gasteiger partial charge is 0.373 e. The standard InChI is InChI=1S/C12H19N2O4P/c1-10-3-4-12(18-10)9-17-19(15,16-2)14-11-5-7-13-8-6-11/h5-8,10,12H,3-4,9H2,1-2H3,(H,13,14,15). The van der Waals surface area contributed by atoms with E-state index in [-0.39, 0.29) is 18.8 Å². The van der Waals surface area contributed by atoms with Crippen LogP contribution in [0.4, 0.5) is 5.69 Å². The van der Waals surface area contributed by atoms with Gasteiger partial charge < -0.3 is 4.74 Å². The summed E-state index contributed by atoms with van der Waals surface area (Å²) in [6, 6.07) is 3.40. The van der Waals surface area contributed by atoms with Crippen molar-refractivity contribution in [1.82, 2.24) is 4.98 Å². The summed E-state index contributed by atoms with van der Waals surface area (Å²) < 4.78 is 28.3. The molecule has 1 aliphatic rings. The van der Waals surface area contributed by atoms with Crippen molar-refractivity contribution >= 4 is 13.4 Å². The fourth-order valence-corrected chi connectivity index (χ4v) is 2.99. The van der Waals surface area contributed by atoms with Crippen molar-refractivity contribution in [2.75, 3.05) is 18.8 Å². The molecule has 1 aromatic rings. The van der Waals surface area contributed by atoms with Gasteiger partial charge in [-0.05, 0) is 31.9 Å². The molecule has 1 fully saturated rings. The first-order valence-corrected chi connectivity index (χ1v) is 7.79. The van der Waals surface area contributed by atoms with E-state index in [0.29, 0.717) is 5.69 Å². The summed E-state index contributed by atoms with van der Waals surface area (Å²) in [4.78, 5) is 3.89. The highest BCUT2D eigenvalue weighted by molar-refractivity contribution is 7.55. The first-order chi connectivity index (χ1) is 9.11. The van der Waals surface area contributed by atoms with Crippen LogP contribution in [0.2, 0.25) is 0 Å². The molecular formula is C12H19N2O4P. The van der Waals surface area contributed by atoms with E-state index in [9.17, 15) is 4.57 Å². The summed E-state index contributed by atoms with van der Waals surface area (Å²) in [5, 5.41) is 2.76. The van der Waals surface area contributed by atoms with Crippen LogP contribution >= 0.6 is 7.75 Å². The van der Waals surface area contributed by atoms with E-state index < -0.39 is 7.75 Å². The zero-order chi connectivity index (χ0) is 13.7. The van der Waals surface area contributed by atoms with Crippen molar-refractivity contribution < 1.29 is 18.3 Å². The fraction of sp³-hybridized carbons (Fsp3) is 0.583. The number of rotatable bonds is 6. The second-order valence-electron chi connectivity index (χ2n) is 4.47. The maximum Gasteiger partial charge on any atom is 0.432 e. The summed E-state index contributed by atoms with van der Waals surface area (Å²) in [6.07, 6.45) is 5.35. The van der Waals surface area contributed by atoms with E-state index in [4.69, 9.17) is 13.8 Å². The van der Waals surface area contributed by atoms with Crippen LogP contribution < -0.4 is 5.09 Å². The lowest BCUT2D eigenvalue weighted by Gasteiger charge is -2.20. The second-order valence-corrected chi connectivity index (χ2v) is 6.31. The SMILES string of the molecule is COP(=O)(Nc1ccncc1)OCC1CCC(C)O1. The molecule has 0 aromatic carbocycles. The van der Waals surface area contributed by atoms with Crippen LogP contribution in [0, 0.1) is 0 Å². The molecule has 1 aromatic heterocycles. The molecule has 0 aliphatic carbocycles. The summed E-state index contributed by atoms with van der Waals surface area (Å²) >= 11 is 0. The Labute approximate surface area is 113 Å². The van der Waals surface area contributed by atoms with Crippen LogP contribution in [0.25, 0.3) is 0 Å². The van der Waals surface area contributed by atoms with Gasteiger partial charge in [0, 0.05) is 25.2 Å². The number of anilines is 1. The van der Waals surface area contributed by atoms with Crippen molar-refractivity contribution in [3.8, 4) is 0 Å². The molecule has 1 aliphatic heterocycles. The molecule has 6 nitrogen and oxygen atoms in total. The van der Waals surface area contributed by atoms with Gasteiger partial charge in [-0.25, -0.2) is 4.57 Å². The van der Waals surface area contributed by atoms with Gasteiger partial charge in [0.25, 0.3) is 0 Å². The largest absolute Gasteiger partial charge is 0.432 e. The quantitative estimate of drug-likeness (QED) is 0.811. The Kier molecular flexibility index (Phi) is 4.93. The zero-order valence-electron chi connectivity index (χ0n) is 11.1. The Bertz CT molecular complexity index is 443. The normalized spacial score (nSPS) is 26.0. The molecule has 0 bridgehead atoms. The molecule has 3 atom stereocenters. The number of aromatic nitrogens is 1. The molecule has 7 heteroatoms. The molecule has 19 heavy (non-hydrogen) atoms. The monoisotopic (exact) mass is 286 g/mol. The molecule has 0 amide bonds. The third-order valence-electron chi connectivity index (χ3n) is 2.94. The van der Waals surface area contributed by atoms with Gasteiger partial charge >= 0.3 is 7.75 Å². The van der Waals surface area contributed by atoms with Crippen LogP contribution in [-0.2, 0) is 18.3 Å². The van der Waals surface area contributed by atoms with Crippen LogP contribution in [0.15, 0.2) is 24.5 Å². The van der Waals surface area contributed by atoms with Crippen LogP contribution in [0.5, 0.6) is 0 Å². The van der Waals surface area contributed by atoms with Gasteiger partial charge in [0.2, 0.25) is 0 Å². The van der Waals surface area contributed by atoms with Gasteiger partial charge in [-0.1, -0.05) is 0 Å². The van der Waals surface area contributed by atoms with Crippen LogP contribution in [0.1, 0.15) is 19.8 Å². The number of hydrogen-bond acceptors (Lipinski definition) is 5. The third kappa shape index (κ3) is 4.28. The zero-order valence-corrected chi connectivity index (χ0v) is 12.0. The Morgan fingerprint density at radius 2 is 2.21 bits per heavy atom. The Hall–Kier alpha value is -0.940. The van der Waals surface area contributed by atoms with E-state index in [1.807, 2.05) is 6.92 Å². The minimum atomic E-state index is -3.35. The Morgan fingerprint density at radius 3 is 2.79 bits per heavy atom. The van der Waals surface area contributed by atoms with E-state index in [1.54, 1.807) is 24.5 Å². The van der Waals surface area contributed by atoms with Crippen molar-refractivity contribution in [3.05, 3.63) is 24.5 Å². The number of ether oxygens (including phenoxy) is 1. The second kappa shape index (κ2) is 6.48. The van der Waals surface area contributed by atoms with Gasteiger partial charge in [-0.3, -0.25) is 19.1 Å². The van der Waals surface area contributed by atoms with Gasteiger partial charge in [0.15, 0.2) is 0 Å². The van der Waals surface area contributed by atoms with Crippen molar-refractivity contribution in [1.29, 1.82) is 0 Å². The summed E-state index contributed by atoms with van der Waals surface area (Å²) in [7, 11) is -2.00. The molecule has 2 heterocycles. The van der Waals surface area contributed by atoms with Gasteiger partial charge in [-0.2, -0.15) is 0 Å². The molecule has 1 saturated heterocycles. The van der Waals surface area contributed by atoms with Crippen molar-refractivity contribution in [2.24, 2.45) is 0 Å². The van der Waals surface area contributed by atoms with E-state index in [1.165, 1.54) is 7.11 Å². The lowest BCUT2D eigenvalue weighted by atomic mass is 10.2. The molecule has 0 saturated carbocycles. The van der Waals surface area contributed by atoms with Crippen LogP contribution in [0.3, 0.4) is 0 Å². The Balaban J connectivity index is 1.89. The number of nitrogens with zero attached hydrogens (tertiary/aromatic N) is 1. The van der Waals surface area contributed by atoms with Crippen LogP contribution in [-0.4, -0.2) is 30.9 Å². The molecule has 1 N–H and O–H groups in total. The highest BCUT2D eigenvalue weighted by Gasteiger charge is 2.28. The lowest BCUT2D eigenvalue weighted by molar-refractivity contribution is 0.0232. The highest BCUT2D eigenvalue weighted by atomic mass is 31.2. The topological polar surface area (TPSA) is 69.7 Å². The lowest BCUT2D eigenvalue weighted by Crippen LogP contribution is -2.16. The fourth-order valence-electron chi connectivity index (χ4n) is 1.90. The first kappa shape index (κ1) is 14.5. The average Bonchev–Trinajstić information content (AvgIpc) is 2.84. The predicted octanol–water partition coefficient (Wildman–Crippen LogP) is 2.83. The van der Waals surface area contributed by atoms with Crippen molar-refractivity contribution in [3.63, 3.8) is 0 Å². The molecule has 0 radical (unpaired) electrons. The maximum atomic E-state index is 12.4. The molecule has 106 valence electrons. The van der Waals surface area contributed by atoms with E-state index in [2.05, 4.69) is 10.1 Å². The number of nitrogens with one attached hydrogen (secondary N) is 1. The number of pyridine rings is 1.